The predicted octanol–water partition coefficient (Wildman–Crippen LogP) is 3.66. The zero-order valence-corrected chi connectivity index (χ0v) is 18.9. The maximum atomic E-state index is 13.4. The van der Waals surface area contributed by atoms with Crippen molar-refractivity contribution in [1.82, 2.24) is 0 Å². The number of β-lactam (4-membered cyclic amide) rings is 1. The summed E-state index contributed by atoms with van der Waals surface area (Å²) in [4.78, 5) is 29.9. The summed E-state index contributed by atoms with van der Waals surface area (Å²) in [5.74, 6) is 0.814. The molecule has 31 heavy (non-hydrogen) atoms. The summed E-state index contributed by atoms with van der Waals surface area (Å²) in [6.07, 6.45) is 0. The summed E-state index contributed by atoms with van der Waals surface area (Å²) in [6, 6.07) is 13.1. The number of anilines is 2. The number of carbonyl (C=O) groups excluding carboxylic acids is 2. The third-order valence-electron chi connectivity index (χ3n) is 5.30. The molecule has 2 atom stereocenters. The highest BCUT2D eigenvalue weighted by molar-refractivity contribution is 6.14. The number of hydrogen-bond acceptors (Lipinski definition) is 6. The van der Waals surface area contributed by atoms with Crippen LogP contribution in [0.5, 0.6) is 11.5 Å². The minimum atomic E-state index is -0.762. The Bertz CT molecular complexity index is 918. The number of nitrogens with zero attached hydrogens (tertiary/aromatic N) is 2. The third-order valence-corrected chi connectivity index (χ3v) is 5.30. The zero-order valence-electron chi connectivity index (χ0n) is 18.9. The molecule has 1 heterocycles. The van der Waals surface area contributed by atoms with E-state index in [1.54, 1.807) is 45.4 Å². The summed E-state index contributed by atoms with van der Waals surface area (Å²) < 4.78 is 15.8. The molecule has 2 aromatic rings. The molecule has 0 bridgehead atoms. The molecule has 1 fully saturated rings. The van der Waals surface area contributed by atoms with Gasteiger partial charge in [0.15, 0.2) is 6.04 Å². The fraction of sp³-hybridized carbons (Fsp3) is 0.417. The molecule has 0 aromatic heterocycles. The third kappa shape index (κ3) is 4.31. The van der Waals surface area contributed by atoms with Gasteiger partial charge in [0, 0.05) is 16.9 Å². The van der Waals surface area contributed by atoms with Crippen LogP contribution in [-0.2, 0) is 14.3 Å². The number of hydrogen-bond donors (Lipinski definition) is 0. The van der Waals surface area contributed by atoms with Crippen LogP contribution < -0.4 is 19.3 Å². The maximum absolute atomic E-state index is 13.4. The molecule has 1 saturated heterocycles. The van der Waals surface area contributed by atoms with Crippen LogP contribution in [0.4, 0.5) is 11.4 Å². The normalized spacial score (nSPS) is 18.3. The van der Waals surface area contributed by atoms with E-state index in [-0.39, 0.29) is 12.5 Å². The van der Waals surface area contributed by atoms with Crippen molar-refractivity contribution in [3.05, 3.63) is 48.5 Å². The Morgan fingerprint density at radius 3 is 1.94 bits per heavy atom. The number of esters is 1. The van der Waals surface area contributed by atoms with E-state index in [0.29, 0.717) is 11.4 Å². The highest BCUT2D eigenvalue weighted by Gasteiger charge is 2.57. The molecule has 0 spiro atoms. The lowest BCUT2D eigenvalue weighted by atomic mass is 9.87. The Morgan fingerprint density at radius 1 is 0.968 bits per heavy atom. The van der Waals surface area contributed by atoms with E-state index in [4.69, 9.17) is 14.2 Å². The van der Waals surface area contributed by atoms with Gasteiger partial charge in [0.25, 0.3) is 5.91 Å². The lowest BCUT2D eigenvalue weighted by Crippen LogP contribution is -2.76. The molecule has 1 amide bonds. The largest absolute Gasteiger partial charge is 0.497 e. The summed E-state index contributed by atoms with van der Waals surface area (Å²) in [7, 11) is 3.19. The molecule has 2 unspecified atom stereocenters. The van der Waals surface area contributed by atoms with Crippen molar-refractivity contribution in [3.63, 3.8) is 0 Å². The van der Waals surface area contributed by atoms with E-state index in [2.05, 4.69) is 0 Å². The first kappa shape index (κ1) is 22.5. The van der Waals surface area contributed by atoms with Gasteiger partial charge in [0.05, 0.1) is 20.8 Å². The number of rotatable bonds is 7. The van der Waals surface area contributed by atoms with Crippen molar-refractivity contribution >= 4 is 23.3 Å². The Labute approximate surface area is 183 Å². The van der Waals surface area contributed by atoms with E-state index in [1.807, 2.05) is 49.9 Å². The van der Waals surface area contributed by atoms with Crippen LogP contribution in [0, 0.1) is 0 Å². The maximum Gasteiger partial charge on any atom is 0.331 e. The Balaban J connectivity index is 2.02. The first-order valence-electron chi connectivity index (χ1n) is 10.3. The molecule has 1 aliphatic heterocycles. The van der Waals surface area contributed by atoms with Crippen LogP contribution in [0.1, 0.15) is 27.7 Å². The SMILES string of the molecule is CCOC(=O)C1C(N(c2ccc(OC)cc2)C(C)(C)C)C(=O)N1c1ccc(OC)cc1. The molecule has 2 aromatic carbocycles. The number of benzene rings is 2. The first-order valence-corrected chi connectivity index (χ1v) is 10.3. The molecule has 166 valence electrons. The lowest BCUT2D eigenvalue weighted by molar-refractivity contribution is -0.151. The predicted molar refractivity (Wildman–Crippen MR) is 120 cm³/mol. The monoisotopic (exact) mass is 426 g/mol. The van der Waals surface area contributed by atoms with Gasteiger partial charge in [-0.25, -0.2) is 4.79 Å². The second-order valence-electron chi connectivity index (χ2n) is 8.29. The lowest BCUT2D eigenvalue weighted by Gasteiger charge is -2.54. The first-order chi connectivity index (χ1) is 14.7. The van der Waals surface area contributed by atoms with Gasteiger partial charge in [-0.2, -0.15) is 0 Å². The van der Waals surface area contributed by atoms with Gasteiger partial charge >= 0.3 is 5.97 Å². The van der Waals surface area contributed by atoms with Crippen LogP contribution in [0.15, 0.2) is 48.5 Å². The van der Waals surface area contributed by atoms with Gasteiger partial charge < -0.3 is 19.1 Å². The second-order valence-corrected chi connectivity index (χ2v) is 8.29. The standard InChI is InChI=1S/C24H30N2O5/c1-7-31-23(28)21-20(22(27)25(21)16-8-12-18(29-5)13-9-16)26(24(2,3)4)17-10-14-19(30-6)15-11-17/h8-15,20-21H,7H2,1-6H3. The van der Waals surface area contributed by atoms with Crippen LogP contribution in [0.25, 0.3) is 0 Å². The van der Waals surface area contributed by atoms with Gasteiger partial charge in [-0.15, -0.1) is 0 Å². The van der Waals surface area contributed by atoms with E-state index >= 15 is 0 Å². The molecule has 3 rings (SSSR count). The fourth-order valence-corrected chi connectivity index (χ4v) is 3.93. The molecule has 0 aliphatic carbocycles. The van der Waals surface area contributed by atoms with Gasteiger partial charge in [-0.05, 0) is 76.2 Å². The van der Waals surface area contributed by atoms with Crippen molar-refractivity contribution in [3.8, 4) is 11.5 Å². The summed E-state index contributed by atoms with van der Waals surface area (Å²) in [6.45, 7) is 8.05. The number of methoxy groups -OCH3 is 2. The second kappa shape index (κ2) is 8.88. The van der Waals surface area contributed by atoms with Crippen LogP contribution >= 0.6 is 0 Å². The van der Waals surface area contributed by atoms with Gasteiger partial charge in [-0.1, -0.05) is 0 Å². The molecule has 0 saturated carbocycles. The molecule has 1 aliphatic rings. The average Bonchev–Trinajstić information content (AvgIpc) is 2.75. The Morgan fingerprint density at radius 2 is 1.48 bits per heavy atom. The van der Waals surface area contributed by atoms with Crippen LogP contribution in [0.2, 0.25) is 0 Å². The summed E-state index contributed by atoms with van der Waals surface area (Å²) >= 11 is 0. The van der Waals surface area contributed by atoms with Crippen molar-refractivity contribution in [2.45, 2.75) is 45.3 Å². The van der Waals surface area contributed by atoms with Crippen LogP contribution in [-0.4, -0.2) is 50.3 Å². The van der Waals surface area contributed by atoms with Crippen molar-refractivity contribution in [2.24, 2.45) is 0 Å². The molecule has 7 heteroatoms. The van der Waals surface area contributed by atoms with E-state index < -0.39 is 23.6 Å². The molecular weight excluding hydrogens is 396 g/mol. The van der Waals surface area contributed by atoms with Gasteiger partial charge in [0.1, 0.15) is 17.5 Å². The zero-order chi connectivity index (χ0) is 22.8. The van der Waals surface area contributed by atoms with Gasteiger partial charge in [0.2, 0.25) is 0 Å². The number of carbonyl (C=O) groups is 2. The van der Waals surface area contributed by atoms with E-state index in [1.165, 1.54) is 4.90 Å². The minimum absolute atomic E-state index is 0.158. The highest BCUT2D eigenvalue weighted by atomic mass is 16.5. The van der Waals surface area contributed by atoms with Crippen LogP contribution in [0.3, 0.4) is 0 Å². The van der Waals surface area contributed by atoms with E-state index in [9.17, 15) is 9.59 Å². The Hall–Kier alpha value is -3.22. The smallest absolute Gasteiger partial charge is 0.331 e. The van der Waals surface area contributed by atoms with E-state index in [0.717, 1.165) is 11.4 Å². The molecule has 7 nitrogen and oxygen atoms in total. The Kier molecular flexibility index (Phi) is 6.43. The van der Waals surface area contributed by atoms with Crippen molar-refractivity contribution in [2.75, 3.05) is 30.6 Å². The van der Waals surface area contributed by atoms with Crippen molar-refractivity contribution < 1.29 is 23.8 Å². The summed E-state index contributed by atoms with van der Waals surface area (Å²) in [5, 5.41) is 0. The number of ether oxygens (including phenoxy) is 3. The minimum Gasteiger partial charge on any atom is -0.497 e. The molecule has 0 radical (unpaired) electrons. The van der Waals surface area contributed by atoms with Crippen molar-refractivity contribution in [1.29, 1.82) is 0 Å². The number of amides is 1. The van der Waals surface area contributed by atoms with Gasteiger partial charge in [-0.3, -0.25) is 9.69 Å². The molecular formula is C24H30N2O5. The summed E-state index contributed by atoms with van der Waals surface area (Å²) in [5.41, 5.74) is 1.03. The molecule has 0 N–H and O–H groups in total. The highest BCUT2D eigenvalue weighted by Crippen LogP contribution is 2.39. The topological polar surface area (TPSA) is 68.3 Å². The quantitative estimate of drug-likeness (QED) is 0.497. The average molecular weight is 427 g/mol. The fourth-order valence-electron chi connectivity index (χ4n) is 3.93.